The highest BCUT2D eigenvalue weighted by atomic mass is 16.7. The molecule has 27 heavy (non-hydrogen) atoms. The Morgan fingerprint density at radius 3 is 2.52 bits per heavy atom. The first kappa shape index (κ1) is 18.6. The Balaban J connectivity index is 1.46. The standard InChI is InChI=1S/C20H21NO6/c1-13(27-19(22)10-14-3-6-16(24-2)7-4-14)20(23)21-11-15-5-8-17-18(9-15)26-12-25-17/h3-9,13H,10-12H2,1-2H3,(H,21,23). The van der Waals surface area contributed by atoms with Crippen molar-refractivity contribution in [2.24, 2.45) is 0 Å². The summed E-state index contributed by atoms with van der Waals surface area (Å²) in [5.41, 5.74) is 1.65. The minimum Gasteiger partial charge on any atom is -0.497 e. The second-order valence-corrected chi connectivity index (χ2v) is 6.06. The van der Waals surface area contributed by atoms with Crippen molar-refractivity contribution in [1.29, 1.82) is 0 Å². The number of carbonyl (C=O) groups is 2. The van der Waals surface area contributed by atoms with Gasteiger partial charge in [0.15, 0.2) is 17.6 Å². The maximum Gasteiger partial charge on any atom is 0.311 e. The molecule has 1 amide bonds. The fourth-order valence-corrected chi connectivity index (χ4v) is 2.59. The molecule has 7 heteroatoms. The number of rotatable bonds is 7. The predicted molar refractivity (Wildman–Crippen MR) is 96.7 cm³/mol. The highest BCUT2D eigenvalue weighted by molar-refractivity contribution is 5.83. The average Bonchev–Trinajstić information content (AvgIpc) is 3.14. The lowest BCUT2D eigenvalue weighted by Gasteiger charge is -2.14. The van der Waals surface area contributed by atoms with Crippen LogP contribution in [0.2, 0.25) is 0 Å². The zero-order valence-corrected chi connectivity index (χ0v) is 15.2. The van der Waals surface area contributed by atoms with E-state index in [2.05, 4.69) is 5.32 Å². The van der Waals surface area contributed by atoms with Crippen LogP contribution >= 0.6 is 0 Å². The molecule has 7 nitrogen and oxygen atoms in total. The van der Waals surface area contributed by atoms with Crippen LogP contribution in [0.25, 0.3) is 0 Å². The van der Waals surface area contributed by atoms with Crippen molar-refractivity contribution in [3.63, 3.8) is 0 Å². The molecule has 0 aliphatic carbocycles. The monoisotopic (exact) mass is 371 g/mol. The number of hydrogen-bond donors (Lipinski definition) is 1. The van der Waals surface area contributed by atoms with Crippen LogP contribution in [0.4, 0.5) is 0 Å². The lowest BCUT2D eigenvalue weighted by molar-refractivity contribution is -0.154. The van der Waals surface area contributed by atoms with E-state index >= 15 is 0 Å². The molecule has 1 unspecified atom stereocenters. The van der Waals surface area contributed by atoms with Gasteiger partial charge in [0.05, 0.1) is 13.5 Å². The summed E-state index contributed by atoms with van der Waals surface area (Å²) in [6.45, 7) is 2.04. The zero-order valence-electron chi connectivity index (χ0n) is 15.2. The minimum absolute atomic E-state index is 0.0871. The topological polar surface area (TPSA) is 83.1 Å². The predicted octanol–water partition coefficient (Wildman–Crippen LogP) is 2.21. The Morgan fingerprint density at radius 1 is 1.07 bits per heavy atom. The lowest BCUT2D eigenvalue weighted by atomic mass is 10.1. The third-order valence-corrected chi connectivity index (χ3v) is 4.09. The molecule has 2 aromatic rings. The van der Waals surface area contributed by atoms with Crippen LogP contribution in [0, 0.1) is 0 Å². The van der Waals surface area contributed by atoms with E-state index in [1.165, 1.54) is 0 Å². The largest absolute Gasteiger partial charge is 0.497 e. The number of benzene rings is 2. The molecule has 0 spiro atoms. The van der Waals surface area contributed by atoms with Crippen LogP contribution in [0.3, 0.4) is 0 Å². The number of esters is 1. The van der Waals surface area contributed by atoms with Crippen LogP contribution in [-0.4, -0.2) is 31.9 Å². The van der Waals surface area contributed by atoms with E-state index in [0.717, 1.165) is 11.1 Å². The summed E-state index contributed by atoms with van der Waals surface area (Å²) in [7, 11) is 1.58. The first-order valence-corrected chi connectivity index (χ1v) is 8.54. The molecule has 0 saturated heterocycles. The Hall–Kier alpha value is -3.22. The number of hydrogen-bond acceptors (Lipinski definition) is 6. The third kappa shape index (κ3) is 4.91. The number of carbonyl (C=O) groups excluding carboxylic acids is 2. The minimum atomic E-state index is -0.884. The Bertz CT molecular complexity index is 818. The second-order valence-electron chi connectivity index (χ2n) is 6.06. The van der Waals surface area contributed by atoms with Gasteiger partial charge in [-0.15, -0.1) is 0 Å². The van der Waals surface area contributed by atoms with Gasteiger partial charge in [-0.3, -0.25) is 9.59 Å². The van der Waals surface area contributed by atoms with E-state index in [0.29, 0.717) is 23.8 Å². The van der Waals surface area contributed by atoms with Gasteiger partial charge < -0.3 is 24.3 Å². The van der Waals surface area contributed by atoms with Gasteiger partial charge in [-0.1, -0.05) is 18.2 Å². The number of ether oxygens (including phenoxy) is 4. The van der Waals surface area contributed by atoms with Gasteiger partial charge in [-0.2, -0.15) is 0 Å². The Morgan fingerprint density at radius 2 is 1.78 bits per heavy atom. The van der Waals surface area contributed by atoms with E-state index in [4.69, 9.17) is 18.9 Å². The SMILES string of the molecule is COc1ccc(CC(=O)OC(C)C(=O)NCc2ccc3c(c2)OCO3)cc1. The van der Waals surface area contributed by atoms with Crippen molar-refractivity contribution in [3.8, 4) is 17.2 Å². The normalized spacial score (nSPS) is 13.0. The molecule has 1 aliphatic heterocycles. The molecule has 1 heterocycles. The lowest BCUT2D eigenvalue weighted by Crippen LogP contribution is -2.35. The molecule has 2 aromatic carbocycles. The van der Waals surface area contributed by atoms with E-state index in [1.807, 2.05) is 12.1 Å². The summed E-state index contributed by atoms with van der Waals surface area (Å²) in [4.78, 5) is 24.2. The average molecular weight is 371 g/mol. The smallest absolute Gasteiger partial charge is 0.311 e. The summed E-state index contributed by atoms with van der Waals surface area (Å²) in [5.74, 6) is 1.22. The van der Waals surface area contributed by atoms with Crippen LogP contribution < -0.4 is 19.5 Å². The summed E-state index contributed by atoms with van der Waals surface area (Å²) < 4.78 is 20.8. The van der Waals surface area contributed by atoms with E-state index in [1.54, 1.807) is 44.4 Å². The van der Waals surface area contributed by atoms with Crippen LogP contribution in [0.5, 0.6) is 17.2 Å². The maximum atomic E-state index is 12.2. The van der Waals surface area contributed by atoms with Crippen molar-refractivity contribution >= 4 is 11.9 Å². The van der Waals surface area contributed by atoms with Crippen LogP contribution in [0.1, 0.15) is 18.1 Å². The van der Waals surface area contributed by atoms with Crippen LogP contribution in [0.15, 0.2) is 42.5 Å². The molecule has 0 bridgehead atoms. The quantitative estimate of drug-likeness (QED) is 0.752. The summed E-state index contributed by atoms with van der Waals surface area (Å²) in [6.07, 6.45) is -0.797. The number of fused-ring (bicyclic) bond motifs is 1. The zero-order chi connectivity index (χ0) is 19.2. The summed E-state index contributed by atoms with van der Waals surface area (Å²) in [6, 6.07) is 12.5. The molecule has 0 aromatic heterocycles. The molecular weight excluding hydrogens is 350 g/mol. The van der Waals surface area contributed by atoms with Crippen molar-refractivity contribution in [3.05, 3.63) is 53.6 Å². The number of amides is 1. The summed E-state index contributed by atoms with van der Waals surface area (Å²) in [5, 5.41) is 2.75. The first-order chi connectivity index (χ1) is 13.0. The van der Waals surface area contributed by atoms with Crippen LogP contribution in [-0.2, 0) is 27.3 Å². The van der Waals surface area contributed by atoms with Gasteiger partial charge in [0, 0.05) is 6.54 Å². The molecular formula is C20H21NO6. The number of nitrogens with one attached hydrogen (secondary N) is 1. The van der Waals surface area contributed by atoms with E-state index < -0.39 is 12.1 Å². The molecule has 3 rings (SSSR count). The van der Waals surface area contributed by atoms with Gasteiger partial charge in [0.1, 0.15) is 5.75 Å². The fourth-order valence-electron chi connectivity index (χ4n) is 2.59. The summed E-state index contributed by atoms with van der Waals surface area (Å²) >= 11 is 0. The van der Waals surface area contributed by atoms with Crippen molar-refractivity contribution in [1.82, 2.24) is 5.32 Å². The molecule has 0 saturated carbocycles. The first-order valence-electron chi connectivity index (χ1n) is 8.54. The van der Waals surface area contributed by atoms with Crippen molar-refractivity contribution in [2.45, 2.75) is 26.0 Å². The maximum absolute atomic E-state index is 12.2. The van der Waals surface area contributed by atoms with E-state index in [9.17, 15) is 9.59 Å². The van der Waals surface area contributed by atoms with Gasteiger partial charge in [-0.05, 0) is 42.3 Å². The van der Waals surface area contributed by atoms with E-state index in [-0.39, 0.29) is 19.1 Å². The van der Waals surface area contributed by atoms with Gasteiger partial charge in [0.2, 0.25) is 6.79 Å². The third-order valence-electron chi connectivity index (χ3n) is 4.09. The molecule has 1 atom stereocenters. The van der Waals surface area contributed by atoms with Gasteiger partial charge in [0.25, 0.3) is 5.91 Å². The van der Waals surface area contributed by atoms with Crippen molar-refractivity contribution in [2.75, 3.05) is 13.9 Å². The Labute approximate surface area is 157 Å². The molecule has 0 radical (unpaired) electrons. The molecule has 1 aliphatic rings. The number of methoxy groups -OCH3 is 1. The molecule has 1 N–H and O–H groups in total. The van der Waals surface area contributed by atoms with Gasteiger partial charge in [-0.25, -0.2) is 0 Å². The highest BCUT2D eigenvalue weighted by Gasteiger charge is 2.18. The van der Waals surface area contributed by atoms with Crippen molar-refractivity contribution < 1.29 is 28.5 Å². The Kier molecular flexibility index (Phi) is 5.80. The molecule has 0 fully saturated rings. The second kappa shape index (κ2) is 8.44. The molecule has 142 valence electrons. The van der Waals surface area contributed by atoms with Gasteiger partial charge >= 0.3 is 5.97 Å². The fraction of sp³-hybridized carbons (Fsp3) is 0.300. The highest BCUT2D eigenvalue weighted by Crippen LogP contribution is 2.32.